The monoisotopic (exact) mass is 293 g/mol. The summed E-state index contributed by atoms with van der Waals surface area (Å²) in [6, 6.07) is 4.20. The van der Waals surface area contributed by atoms with Crippen LogP contribution in [0.2, 0.25) is 0 Å². The Kier molecular flexibility index (Phi) is 3.25. The number of alkyl halides is 1. The molecule has 0 aliphatic heterocycles. The van der Waals surface area contributed by atoms with Crippen molar-refractivity contribution < 1.29 is 0 Å². The number of halogens is 1. The fourth-order valence-corrected chi connectivity index (χ4v) is 4.73. The van der Waals surface area contributed by atoms with Crippen molar-refractivity contribution in [1.29, 1.82) is 0 Å². The van der Waals surface area contributed by atoms with E-state index in [1.807, 2.05) is 12.3 Å². The zero-order chi connectivity index (χ0) is 11.8. The molecular weight excluding hydrogens is 274 g/mol. The van der Waals surface area contributed by atoms with Gasteiger partial charge in [-0.05, 0) is 49.1 Å². The molecular formula is C15H20BrN. The first kappa shape index (κ1) is 11.7. The highest BCUT2D eigenvalue weighted by Gasteiger charge is 2.53. The lowest BCUT2D eigenvalue weighted by molar-refractivity contribution is 0.480. The topological polar surface area (TPSA) is 12.9 Å². The number of hydrogen-bond donors (Lipinski definition) is 0. The second-order valence-electron chi connectivity index (χ2n) is 5.68. The Bertz CT molecular complexity index is 392. The molecule has 0 saturated heterocycles. The maximum atomic E-state index is 4.52. The van der Waals surface area contributed by atoms with E-state index in [9.17, 15) is 0 Å². The molecule has 3 atom stereocenters. The summed E-state index contributed by atoms with van der Waals surface area (Å²) in [5, 5.41) is 0. The van der Waals surface area contributed by atoms with Crippen molar-refractivity contribution >= 4 is 15.9 Å². The summed E-state index contributed by atoms with van der Waals surface area (Å²) in [7, 11) is 0. The van der Waals surface area contributed by atoms with Crippen LogP contribution in [0.3, 0.4) is 0 Å². The summed E-state index contributed by atoms with van der Waals surface area (Å²) in [4.78, 5) is 5.16. The Hall–Kier alpha value is -0.370. The van der Waals surface area contributed by atoms with Crippen LogP contribution in [0.25, 0.3) is 0 Å². The molecule has 1 aromatic rings. The summed E-state index contributed by atoms with van der Waals surface area (Å²) < 4.78 is 0. The molecule has 0 amide bonds. The fraction of sp³-hybridized carbons (Fsp3) is 0.667. The molecule has 2 aliphatic rings. The first-order chi connectivity index (χ1) is 8.27. The van der Waals surface area contributed by atoms with Gasteiger partial charge in [-0.25, -0.2) is 0 Å². The van der Waals surface area contributed by atoms with Crippen LogP contribution in [-0.2, 0) is 6.42 Å². The van der Waals surface area contributed by atoms with E-state index < -0.39 is 0 Å². The Morgan fingerprint density at radius 2 is 2.06 bits per heavy atom. The van der Waals surface area contributed by atoms with Crippen LogP contribution in [0.5, 0.6) is 0 Å². The van der Waals surface area contributed by atoms with Gasteiger partial charge in [-0.3, -0.25) is 4.98 Å². The van der Waals surface area contributed by atoms with Gasteiger partial charge in [0.05, 0.1) is 0 Å². The van der Waals surface area contributed by atoms with Gasteiger partial charge in [-0.1, -0.05) is 34.8 Å². The van der Waals surface area contributed by atoms with E-state index >= 15 is 0 Å². The summed E-state index contributed by atoms with van der Waals surface area (Å²) >= 11 is 3.93. The standard InChI is InChI=1S/C15H20BrN/c1-10-5-4-8-17-14(10)9-13(16)15-11-6-2-3-7-12(11)15/h4-5,8,11-13,15H,2-3,6-7,9H2,1H3. The van der Waals surface area contributed by atoms with E-state index in [-0.39, 0.29) is 0 Å². The molecule has 2 heteroatoms. The number of aromatic nitrogens is 1. The highest BCUT2D eigenvalue weighted by molar-refractivity contribution is 9.09. The SMILES string of the molecule is Cc1cccnc1CC(Br)C1C2CCCCC21. The fourth-order valence-electron chi connectivity index (χ4n) is 3.64. The molecule has 92 valence electrons. The predicted molar refractivity (Wildman–Crippen MR) is 74.3 cm³/mol. The summed E-state index contributed by atoms with van der Waals surface area (Å²) in [5.41, 5.74) is 2.61. The van der Waals surface area contributed by atoms with Gasteiger partial charge in [-0.15, -0.1) is 0 Å². The average molecular weight is 294 g/mol. The molecule has 2 aliphatic carbocycles. The van der Waals surface area contributed by atoms with E-state index in [1.165, 1.54) is 36.9 Å². The molecule has 1 heterocycles. The van der Waals surface area contributed by atoms with Crippen molar-refractivity contribution in [2.75, 3.05) is 0 Å². The maximum absolute atomic E-state index is 4.52. The van der Waals surface area contributed by atoms with Crippen LogP contribution >= 0.6 is 15.9 Å². The molecule has 3 unspecified atom stereocenters. The predicted octanol–water partition coefficient (Wildman–Crippen LogP) is 4.13. The molecule has 2 saturated carbocycles. The number of pyridine rings is 1. The molecule has 0 bridgehead atoms. The van der Waals surface area contributed by atoms with Gasteiger partial charge in [0.1, 0.15) is 0 Å². The highest BCUT2D eigenvalue weighted by Crippen LogP contribution is 2.58. The second kappa shape index (κ2) is 4.72. The van der Waals surface area contributed by atoms with Crippen molar-refractivity contribution in [3.63, 3.8) is 0 Å². The van der Waals surface area contributed by atoms with Crippen molar-refractivity contribution in [3.8, 4) is 0 Å². The number of fused-ring (bicyclic) bond motifs is 1. The van der Waals surface area contributed by atoms with Gasteiger partial charge >= 0.3 is 0 Å². The third-order valence-corrected chi connectivity index (χ3v) is 5.58. The Morgan fingerprint density at radius 1 is 1.35 bits per heavy atom. The minimum Gasteiger partial charge on any atom is -0.261 e. The van der Waals surface area contributed by atoms with E-state index in [0.29, 0.717) is 4.83 Å². The van der Waals surface area contributed by atoms with Crippen molar-refractivity contribution in [3.05, 3.63) is 29.6 Å². The van der Waals surface area contributed by atoms with Crippen molar-refractivity contribution in [2.45, 2.75) is 43.9 Å². The van der Waals surface area contributed by atoms with E-state index in [0.717, 1.165) is 24.2 Å². The zero-order valence-electron chi connectivity index (χ0n) is 10.4. The second-order valence-corrected chi connectivity index (χ2v) is 6.85. The van der Waals surface area contributed by atoms with Crippen LogP contribution < -0.4 is 0 Å². The quantitative estimate of drug-likeness (QED) is 0.764. The van der Waals surface area contributed by atoms with Crippen LogP contribution in [0.4, 0.5) is 0 Å². The van der Waals surface area contributed by atoms with Gasteiger partial charge < -0.3 is 0 Å². The minimum atomic E-state index is 0.643. The first-order valence-electron chi connectivity index (χ1n) is 6.82. The van der Waals surface area contributed by atoms with Crippen LogP contribution in [0.15, 0.2) is 18.3 Å². The summed E-state index contributed by atoms with van der Waals surface area (Å²) in [6.07, 6.45) is 8.88. The summed E-state index contributed by atoms with van der Waals surface area (Å²) in [6.45, 7) is 2.17. The Morgan fingerprint density at radius 3 is 2.71 bits per heavy atom. The van der Waals surface area contributed by atoms with Crippen LogP contribution in [0.1, 0.15) is 36.9 Å². The van der Waals surface area contributed by atoms with Gasteiger partial charge in [0.15, 0.2) is 0 Å². The number of aryl methyl sites for hydroxylation is 1. The minimum absolute atomic E-state index is 0.643. The normalized spacial score (nSPS) is 32.9. The molecule has 17 heavy (non-hydrogen) atoms. The molecule has 0 spiro atoms. The molecule has 3 rings (SSSR count). The molecule has 0 aromatic carbocycles. The number of rotatable bonds is 3. The maximum Gasteiger partial charge on any atom is 0.0443 e. The molecule has 0 radical (unpaired) electrons. The molecule has 2 fully saturated rings. The largest absolute Gasteiger partial charge is 0.261 e. The molecule has 0 N–H and O–H groups in total. The lowest BCUT2D eigenvalue weighted by atomic mass is 10.0. The van der Waals surface area contributed by atoms with Crippen LogP contribution in [-0.4, -0.2) is 9.81 Å². The smallest absolute Gasteiger partial charge is 0.0443 e. The highest BCUT2D eigenvalue weighted by atomic mass is 79.9. The first-order valence-corrected chi connectivity index (χ1v) is 7.73. The van der Waals surface area contributed by atoms with Crippen molar-refractivity contribution in [2.24, 2.45) is 17.8 Å². The van der Waals surface area contributed by atoms with E-state index in [1.54, 1.807) is 0 Å². The van der Waals surface area contributed by atoms with Gasteiger partial charge in [-0.2, -0.15) is 0 Å². The average Bonchev–Trinajstić information content (AvgIpc) is 3.06. The number of hydrogen-bond acceptors (Lipinski definition) is 1. The zero-order valence-corrected chi connectivity index (χ0v) is 12.0. The van der Waals surface area contributed by atoms with Crippen molar-refractivity contribution in [1.82, 2.24) is 4.98 Å². The lowest BCUT2D eigenvalue weighted by Gasteiger charge is -2.10. The van der Waals surface area contributed by atoms with E-state index in [2.05, 4.69) is 33.9 Å². The molecule has 1 nitrogen and oxygen atoms in total. The van der Waals surface area contributed by atoms with Crippen LogP contribution in [0, 0.1) is 24.7 Å². The van der Waals surface area contributed by atoms with E-state index in [4.69, 9.17) is 0 Å². The molecule has 1 aromatic heterocycles. The summed E-state index contributed by atoms with van der Waals surface area (Å²) in [5.74, 6) is 2.98. The third kappa shape index (κ3) is 2.29. The van der Waals surface area contributed by atoms with Gasteiger partial charge in [0.25, 0.3) is 0 Å². The third-order valence-electron chi connectivity index (χ3n) is 4.65. The Balaban J connectivity index is 1.64. The van der Waals surface area contributed by atoms with Gasteiger partial charge in [0, 0.05) is 23.1 Å². The lowest BCUT2D eigenvalue weighted by Crippen LogP contribution is -2.10. The Labute approximate surface area is 112 Å². The number of nitrogens with zero attached hydrogens (tertiary/aromatic N) is 1. The van der Waals surface area contributed by atoms with Gasteiger partial charge in [0.2, 0.25) is 0 Å².